The van der Waals surface area contributed by atoms with Gasteiger partial charge in [0.2, 0.25) is 5.91 Å². The van der Waals surface area contributed by atoms with Crippen molar-refractivity contribution in [1.82, 2.24) is 5.32 Å². The summed E-state index contributed by atoms with van der Waals surface area (Å²) in [5, 5.41) is 2.62. The zero-order valence-electron chi connectivity index (χ0n) is 18.4. The molecule has 0 aliphatic carbocycles. The number of rotatable bonds is 18. The average molecular weight is 402 g/mol. The van der Waals surface area contributed by atoms with Crippen LogP contribution in [0, 0.1) is 0 Å². The van der Waals surface area contributed by atoms with E-state index in [0.717, 1.165) is 20.0 Å². The minimum atomic E-state index is -3.48. The second-order valence-electron chi connectivity index (χ2n) is 6.77. The zero-order valence-corrected chi connectivity index (χ0v) is 20.2. The van der Waals surface area contributed by atoms with Gasteiger partial charge in [-0.15, -0.1) is 0 Å². The van der Waals surface area contributed by atoms with Crippen molar-refractivity contribution in [3.05, 3.63) is 0 Å². The largest absolute Gasteiger partial charge is 1.00 e. The summed E-state index contributed by atoms with van der Waals surface area (Å²) in [4.78, 5) is 11.6. The molecule has 5 nitrogen and oxygen atoms in total. The molecule has 7 heteroatoms. The Morgan fingerprint density at radius 2 is 1.27 bits per heavy atom. The molecule has 0 saturated carbocycles. The minimum absolute atomic E-state index is 0. The first-order valence-corrected chi connectivity index (χ1v) is 11.6. The van der Waals surface area contributed by atoms with Gasteiger partial charge in [-0.05, 0) is 6.42 Å². The van der Waals surface area contributed by atoms with Gasteiger partial charge in [0.15, 0.2) is 0 Å². The van der Waals surface area contributed by atoms with Gasteiger partial charge in [-0.2, -0.15) is 8.42 Å². The van der Waals surface area contributed by atoms with E-state index in [2.05, 4.69) is 16.4 Å². The maximum Gasteiger partial charge on any atom is 1.00 e. The van der Waals surface area contributed by atoms with Gasteiger partial charge in [-0.3, -0.25) is 8.98 Å². The van der Waals surface area contributed by atoms with E-state index in [1.54, 1.807) is 0 Å². The molecule has 0 saturated heterocycles. The van der Waals surface area contributed by atoms with Gasteiger partial charge < -0.3 is 6.74 Å². The predicted octanol–water partition coefficient (Wildman–Crippen LogP) is 1.68. The van der Waals surface area contributed by atoms with Gasteiger partial charge in [0.1, 0.15) is 0 Å². The van der Waals surface area contributed by atoms with Crippen molar-refractivity contribution >= 4 is 16.0 Å². The standard InChI is InChI=1S/C19H39NO4S.Na.H/c1-3-4-5-6-7-8-9-10-11-12-13-14-15-16-19(21)20-17-18-25(22,23)24-2;;/h3-18H2,1-2H3,(H,20,21);;/q;+1;-1. The van der Waals surface area contributed by atoms with Crippen LogP contribution in [0.3, 0.4) is 0 Å². The van der Waals surface area contributed by atoms with Crippen molar-refractivity contribution in [2.45, 2.75) is 96.8 Å². The molecule has 0 aromatic rings. The molecule has 0 unspecified atom stereocenters. The van der Waals surface area contributed by atoms with Crippen molar-refractivity contribution < 1.29 is 48.4 Å². The van der Waals surface area contributed by atoms with E-state index in [4.69, 9.17) is 0 Å². The van der Waals surface area contributed by atoms with Crippen molar-refractivity contribution in [2.24, 2.45) is 0 Å². The summed E-state index contributed by atoms with van der Waals surface area (Å²) in [6.45, 7) is 2.37. The fourth-order valence-electron chi connectivity index (χ4n) is 2.79. The Labute approximate surface area is 185 Å². The summed E-state index contributed by atoms with van der Waals surface area (Å²) in [6.07, 6.45) is 17.1. The van der Waals surface area contributed by atoms with E-state index in [-0.39, 0.29) is 49.2 Å². The van der Waals surface area contributed by atoms with E-state index in [9.17, 15) is 13.2 Å². The number of amides is 1. The second-order valence-corrected chi connectivity index (χ2v) is 8.63. The van der Waals surface area contributed by atoms with Gasteiger partial charge in [0.05, 0.1) is 12.9 Å². The fraction of sp³-hybridized carbons (Fsp3) is 0.947. The molecule has 0 bridgehead atoms. The SMILES string of the molecule is CCCCCCCCCCCCCCCC(=O)NCCS(=O)(=O)OC.[H-].[Na+]. The van der Waals surface area contributed by atoms with Crippen LogP contribution in [0.5, 0.6) is 0 Å². The van der Waals surface area contributed by atoms with E-state index in [1.165, 1.54) is 70.6 Å². The minimum Gasteiger partial charge on any atom is -1.00 e. The monoisotopic (exact) mass is 401 g/mol. The molecule has 0 atom stereocenters. The first-order valence-electron chi connectivity index (χ1n) is 10.1. The number of unbranched alkanes of at least 4 members (excludes halogenated alkanes) is 12. The van der Waals surface area contributed by atoms with Crippen molar-refractivity contribution in [3.63, 3.8) is 0 Å². The van der Waals surface area contributed by atoms with Gasteiger partial charge in [-0.1, -0.05) is 84.0 Å². The molecule has 1 amide bonds. The fourth-order valence-corrected chi connectivity index (χ4v) is 3.31. The Morgan fingerprint density at radius 3 is 1.69 bits per heavy atom. The topological polar surface area (TPSA) is 72.5 Å². The molecule has 1 N–H and O–H groups in total. The Kier molecular flexibility index (Phi) is 22.1. The molecule has 0 aliphatic rings. The van der Waals surface area contributed by atoms with Crippen LogP contribution in [0.25, 0.3) is 0 Å². The zero-order chi connectivity index (χ0) is 18.8. The molecule has 0 spiro atoms. The maximum absolute atomic E-state index is 11.6. The molecular formula is C19H40NNaO4S. The van der Waals surface area contributed by atoms with Crippen LogP contribution in [-0.2, 0) is 19.1 Å². The molecule has 0 radical (unpaired) electrons. The van der Waals surface area contributed by atoms with Crippen LogP contribution in [0.2, 0.25) is 0 Å². The van der Waals surface area contributed by atoms with E-state index in [1.807, 2.05) is 0 Å². The quantitative estimate of drug-likeness (QED) is 0.215. The van der Waals surface area contributed by atoms with Crippen molar-refractivity contribution in [2.75, 3.05) is 19.4 Å². The van der Waals surface area contributed by atoms with E-state index >= 15 is 0 Å². The Bertz CT molecular complexity index is 422. The number of hydrogen-bond acceptors (Lipinski definition) is 4. The smallest absolute Gasteiger partial charge is 1.00 e. The molecule has 0 heterocycles. The number of carbonyl (C=O) groups excluding carboxylic acids is 1. The van der Waals surface area contributed by atoms with Gasteiger partial charge in [0, 0.05) is 13.0 Å². The number of hydrogen-bond donors (Lipinski definition) is 1. The summed E-state index contributed by atoms with van der Waals surface area (Å²) in [6, 6.07) is 0. The number of carbonyl (C=O) groups is 1. The van der Waals surface area contributed by atoms with Crippen LogP contribution >= 0.6 is 0 Å². The second kappa shape index (κ2) is 20.1. The van der Waals surface area contributed by atoms with Crippen LogP contribution in [0.1, 0.15) is 98.2 Å². The molecule has 152 valence electrons. The Morgan fingerprint density at radius 1 is 0.846 bits per heavy atom. The third-order valence-corrected chi connectivity index (χ3v) is 5.65. The first-order chi connectivity index (χ1) is 12.0. The summed E-state index contributed by atoms with van der Waals surface area (Å²) in [5.74, 6) is -0.247. The molecule has 0 aromatic carbocycles. The first kappa shape index (κ1) is 28.6. The van der Waals surface area contributed by atoms with Gasteiger partial charge >= 0.3 is 29.6 Å². The van der Waals surface area contributed by atoms with Crippen molar-refractivity contribution in [1.29, 1.82) is 0 Å². The Hall–Kier alpha value is 0.380. The molecule has 0 aliphatic heterocycles. The van der Waals surface area contributed by atoms with E-state index < -0.39 is 10.1 Å². The van der Waals surface area contributed by atoms with Crippen LogP contribution in [0.15, 0.2) is 0 Å². The summed E-state index contributed by atoms with van der Waals surface area (Å²) in [7, 11) is -2.35. The molecule has 0 fully saturated rings. The average Bonchev–Trinajstić information content (AvgIpc) is 2.59. The summed E-state index contributed by atoms with van der Waals surface area (Å²) < 4.78 is 26.5. The van der Waals surface area contributed by atoms with Gasteiger partial charge in [-0.25, -0.2) is 0 Å². The third-order valence-electron chi connectivity index (χ3n) is 4.44. The molecule has 0 aromatic heterocycles. The van der Waals surface area contributed by atoms with Gasteiger partial charge in [0.25, 0.3) is 10.1 Å². The van der Waals surface area contributed by atoms with Crippen LogP contribution < -0.4 is 34.9 Å². The third kappa shape index (κ3) is 20.7. The normalized spacial score (nSPS) is 11.2. The maximum atomic E-state index is 11.6. The summed E-state index contributed by atoms with van der Waals surface area (Å²) in [5.41, 5.74) is 0. The molecule has 0 rings (SSSR count). The Balaban J connectivity index is -0.00000288. The summed E-state index contributed by atoms with van der Waals surface area (Å²) >= 11 is 0. The molecule has 26 heavy (non-hydrogen) atoms. The predicted molar refractivity (Wildman–Crippen MR) is 105 cm³/mol. The van der Waals surface area contributed by atoms with Crippen molar-refractivity contribution in [3.8, 4) is 0 Å². The van der Waals surface area contributed by atoms with Crippen LogP contribution in [0.4, 0.5) is 0 Å². The van der Waals surface area contributed by atoms with Crippen LogP contribution in [-0.4, -0.2) is 33.7 Å². The number of nitrogens with one attached hydrogen (secondary N) is 1. The van der Waals surface area contributed by atoms with E-state index in [0.29, 0.717) is 6.42 Å². The molecular weight excluding hydrogens is 361 g/mol.